The lowest BCUT2D eigenvalue weighted by Gasteiger charge is -2.29. The predicted octanol–water partition coefficient (Wildman–Crippen LogP) is 1.94. The van der Waals surface area contributed by atoms with Gasteiger partial charge in [0.1, 0.15) is 23.7 Å². The quantitative estimate of drug-likeness (QED) is 0.669. The van der Waals surface area contributed by atoms with E-state index in [-0.39, 0.29) is 18.6 Å². The van der Waals surface area contributed by atoms with Crippen molar-refractivity contribution in [3.63, 3.8) is 0 Å². The zero-order valence-electron chi connectivity index (χ0n) is 12.8. The van der Waals surface area contributed by atoms with Gasteiger partial charge < -0.3 is 25.1 Å². The van der Waals surface area contributed by atoms with E-state index in [0.717, 1.165) is 0 Å². The van der Waals surface area contributed by atoms with Crippen LogP contribution in [0.2, 0.25) is 0 Å². The van der Waals surface area contributed by atoms with Crippen LogP contribution in [0.25, 0.3) is 0 Å². The molecule has 0 aliphatic heterocycles. The number of hydrogen-bond donors (Lipinski definition) is 3. The summed E-state index contributed by atoms with van der Waals surface area (Å²) in [6, 6.07) is -1.28. The summed E-state index contributed by atoms with van der Waals surface area (Å²) < 4.78 is 5.02. The van der Waals surface area contributed by atoms with Crippen LogP contribution in [0.15, 0.2) is 24.0 Å². The molecule has 0 bridgehead atoms. The number of ether oxygens (including phenoxy) is 1. The molecule has 0 saturated carbocycles. The largest absolute Gasteiger partial charge is 0.508 e. The number of hydrogen-bond acceptors (Lipinski definition) is 5. The number of carbonyl (C=O) groups excluding carboxylic acids is 2. The molecule has 1 rings (SSSR count). The number of aliphatic hydroxyl groups excluding tert-OH is 1. The SMILES string of the molecule is CC(C)(C)OC(=O)N[C@@H](CC1(C=O)C=CC(O)=CC1)C(=O)O. The smallest absolute Gasteiger partial charge is 0.408 e. The molecule has 122 valence electrons. The number of aldehydes is 1. The normalized spacial score (nSPS) is 22.4. The molecule has 1 unspecified atom stereocenters. The van der Waals surface area contributed by atoms with Crippen LogP contribution in [0.3, 0.4) is 0 Å². The van der Waals surface area contributed by atoms with Crippen LogP contribution in [0, 0.1) is 5.41 Å². The Bertz CT molecular complexity index is 517. The number of carboxylic acid groups (broad SMARTS) is 1. The van der Waals surface area contributed by atoms with Gasteiger partial charge >= 0.3 is 12.1 Å². The Kier molecular flexibility index (Phi) is 5.35. The molecular weight excluding hydrogens is 290 g/mol. The topological polar surface area (TPSA) is 113 Å². The van der Waals surface area contributed by atoms with Gasteiger partial charge in [-0.15, -0.1) is 0 Å². The van der Waals surface area contributed by atoms with Gasteiger partial charge in [-0.05, 0) is 45.8 Å². The van der Waals surface area contributed by atoms with Gasteiger partial charge in [0.15, 0.2) is 0 Å². The van der Waals surface area contributed by atoms with E-state index in [4.69, 9.17) is 4.74 Å². The Morgan fingerprint density at radius 3 is 2.55 bits per heavy atom. The maximum atomic E-state index is 11.7. The van der Waals surface area contributed by atoms with Crippen LogP contribution in [0.5, 0.6) is 0 Å². The Labute approximate surface area is 128 Å². The number of amides is 1. The molecule has 7 heteroatoms. The van der Waals surface area contributed by atoms with Gasteiger partial charge in [0.25, 0.3) is 0 Å². The molecule has 0 aromatic rings. The standard InChI is InChI=1S/C15H21NO6/c1-14(2,3)22-13(21)16-11(12(19)20)8-15(9-17)6-4-10(18)5-7-15/h4-6,9,11,18H,7-8H2,1-3H3,(H,16,21)(H,19,20)/t11-,15?/m0/s1. The van der Waals surface area contributed by atoms with E-state index in [1.165, 1.54) is 18.2 Å². The third-order valence-corrected chi connectivity index (χ3v) is 3.09. The molecule has 0 fully saturated rings. The molecule has 1 amide bonds. The first-order valence-corrected chi connectivity index (χ1v) is 6.84. The van der Waals surface area contributed by atoms with E-state index in [9.17, 15) is 24.6 Å². The van der Waals surface area contributed by atoms with E-state index in [2.05, 4.69) is 5.32 Å². The molecule has 0 radical (unpaired) electrons. The molecule has 0 saturated heterocycles. The second kappa shape index (κ2) is 6.64. The molecule has 1 aliphatic rings. The Morgan fingerprint density at radius 1 is 1.50 bits per heavy atom. The summed E-state index contributed by atoms with van der Waals surface area (Å²) in [5.74, 6) is -1.25. The maximum Gasteiger partial charge on any atom is 0.408 e. The summed E-state index contributed by atoms with van der Waals surface area (Å²) in [5.41, 5.74) is -1.83. The van der Waals surface area contributed by atoms with Crippen molar-refractivity contribution in [3.8, 4) is 0 Å². The lowest BCUT2D eigenvalue weighted by atomic mass is 9.77. The summed E-state index contributed by atoms with van der Waals surface area (Å²) in [5, 5.41) is 20.8. The number of rotatable bonds is 5. The van der Waals surface area contributed by atoms with Gasteiger partial charge in [-0.25, -0.2) is 9.59 Å². The predicted molar refractivity (Wildman–Crippen MR) is 78.4 cm³/mol. The average Bonchev–Trinajstić information content (AvgIpc) is 2.38. The molecule has 2 atom stereocenters. The van der Waals surface area contributed by atoms with Crippen LogP contribution >= 0.6 is 0 Å². The first kappa shape index (κ1) is 17.7. The molecule has 0 spiro atoms. The van der Waals surface area contributed by atoms with Gasteiger partial charge in [0.05, 0.1) is 5.41 Å². The highest BCUT2D eigenvalue weighted by Crippen LogP contribution is 2.32. The Morgan fingerprint density at radius 2 is 2.14 bits per heavy atom. The molecule has 22 heavy (non-hydrogen) atoms. The van der Waals surface area contributed by atoms with Crippen molar-refractivity contribution in [3.05, 3.63) is 24.0 Å². The summed E-state index contributed by atoms with van der Waals surface area (Å²) >= 11 is 0. The minimum Gasteiger partial charge on any atom is -0.508 e. The Balaban J connectivity index is 2.80. The zero-order valence-corrected chi connectivity index (χ0v) is 12.8. The minimum absolute atomic E-state index is 0.0180. The van der Waals surface area contributed by atoms with Crippen LogP contribution < -0.4 is 5.32 Å². The summed E-state index contributed by atoms with van der Waals surface area (Å²) in [4.78, 5) is 34.4. The van der Waals surface area contributed by atoms with Crippen molar-refractivity contribution in [1.29, 1.82) is 0 Å². The van der Waals surface area contributed by atoms with Crippen LogP contribution in [0.4, 0.5) is 4.79 Å². The molecular formula is C15H21NO6. The van der Waals surface area contributed by atoms with Crippen LogP contribution in [0.1, 0.15) is 33.6 Å². The number of carbonyl (C=O) groups is 3. The monoisotopic (exact) mass is 311 g/mol. The van der Waals surface area contributed by atoms with Crippen molar-refractivity contribution in [1.82, 2.24) is 5.32 Å². The molecule has 1 aliphatic carbocycles. The van der Waals surface area contributed by atoms with Crippen molar-refractivity contribution in [2.45, 2.75) is 45.3 Å². The van der Waals surface area contributed by atoms with Crippen molar-refractivity contribution < 1.29 is 29.3 Å². The average molecular weight is 311 g/mol. The minimum atomic E-state index is -1.28. The van der Waals surface area contributed by atoms with Gasteiger partial charge in [-0.2, -0.15) is 0 Å². The van der Waals surface area contributed by atoms with Crippen LogP contribution in [-0.4, -0.2) is 40.2 Å². The van der Waals surface area contributed by atoms with Crippen molar-refractivity contribution in [2.75, 3.05) is 0 Å². The summed E-state index contributed by atoms with van der Waals surface area (Å²) in [7, 11) is 0. The number of nitrogens with one attached hydrogen (secondary N) is 1. The van der Waals surface area contributed by atoms with E-state index >= 15 is 0 Å². The maximum absolute atomic E-state index is 11.7. The first-order valence-electron chi connectivity index (χ1n) is 6.84. The second-order valence-corrected chi connectivity index (χ2v) is 6.26. The van der Waals surface area contributed by atoms with Crippen molar-refractivity contribution in [2.24, 2.45) is 5.41 Å². The van der Waals surface area contributed by atoms with E-state index in [1.807, 2.05) is 0 Å². The van der Waals surface area contributed by atoms with Gasteiger partial charge in [0, 0.05) is 0 Å². The highest BCUT2D eigenvalue weighted by molar-refractivity contribution is 5.81. The number of alkyl carbamates (subject to hydrolysis) is 1. The third-order valence-electron chi connectivity index (χ3n) is 3.09. The fraction of sp³-hybridized carbons (Fsp3) is 0.533. The van der Waals surface area contributed by atoms with E-state index < -0.39 is 29.1 Å². The molecule has 0 heterocycles. The summed E-state index contributed by atoms with van der Waals surface area (Å²) in [6.07, 6.45) is 4.01. The number of aliphatic hydroxyl groups is 1. The molecule has 0 aromatic carbocycles. The molecule has 0 aromatic heterocycles. The van der Waals surface area contributed by atoms with Gasteiger partial charge in [-0.1, -0.05) is 6.08 Å². The highest BCUT2D eigenvalue weighted by Gasteiger charge is 2.35. The molecule has 7 nitrogen and oxygen atoms in total. The van der Waals surface area contributed by atoms with Gasteiger partial charge in [-0.3, -0.25) is 0 Å². The van der Waals surface area contributed by atoms with Gasteiger partial charge in [0.2, 0.25) is 0 Å². The van der Waals surface area contributed by atoms with E-state index in [1.54, 1.807) is 20.8 Å². The fourth-order valence-corrected chi connectivity index (χ4v) is 2.00. The lowest BCUT2D eigenvalue weighted by Crippen LogP contribution is -2.46. The van der Waals surface area contributed by atoms with Crippen molar-refractivity contribution >= 4 is 18.3 Å². The zero-order chi connectivity index (χ0) is 17.0. The third kappa shape index (κ3) is 5.23. The lowest BCUT2D eigenvalue weighted by molar-refractivity contribution is -0.140. The fourth-order valence-electron chi connectivity index (χ4n) is 2.00. The number of aliphatic carboxylic acids is 1. The van der Waals surface area contributed by atoms with Crippen LogP contribution in [-0.2, 0) is 14.3 Å². The first-order chi connectivity index (χ1) is 10.1. The van der Waals surface area contributed by atoms with E-state index in [0.29, 0.717) is 6.29 Å². The number of carboxylic acids is 1. The highest BCUT2D eigenvalue weighted by atomic mass is 16.6. The second-order valence-electron chi connectivity index (χ2n) is 6.26. The summed E-state index contributed by atoms with van der Waals surface area (Å²) in [6.45, 7) is 4.98. The Hall–Kier alpha value is -2.31. The molecule has 3 N–H and O–H groups in total. The number of allylic oxidation sites excluding steroid dienone is 3.